The summed E-state index contributed by atoms with van der Waals surface area (Å²) in [6, 6.07) is 0.642. The van der Waals surface area contributed by atoms with Crippen molar-refractivity contribution in [2.24, 2.45) is 5.92 Å². The molecule has 2 N–H and O–H groups in total. The number of carboxylic acid groups (broad SMARTS) is 1. The molecular weight excluding hydrogens is 256 g/mol. The van der Waals surface area contributed by atoms with E-state index in [1.165, 1.54) is 0 Å². The summed E-state index contributed by atoms with van der Waals surface area (Å²) >= 11 is 0. The van der Waals surface area contributed by atoms with Gasteiger partial charge < -0.3 is 15.3 Å². The Kier molecular flexibility index (Phi) is 4.89. The molecule has 5 nitrogen and oxygen atoms in total. The summed E-state index contributed by atoms with van der Waals surface area (Å²) in [6.45, 7) is 4.21. The molecule has 0 radical (unpaired) electrons. The number of nitrogens with one attached hydrogen (secondary N) is 1. The molecule has 0 spiro atoms. The van der Waals surface area contributed by atoms with Gasteiger partial charge in [-0.3, -0.25) is 4.79 Å². The second kappa shape index (κ2) is 6.46. The van der Waals surface area contributed by atoms with Crippen LogP contribution in [0.1, 0.15) is 58.8 Å². The summed E-state index contributed by atoms with van der Waals surface area (Å²) in [4.78, 5) is 25.5. The van der Waals surface area contributed by atoms with Crippen LogP contribution in [0.15, 0.2) is 0 Å². The van der Waals surface area contributed by atoms with E-state index in [1.54, 1.807) is 0 Å². The van der Waals surface area contributed by atoms with Gasteiger partial charge in [0.1, 0.15) is 0 Å². The first-order valence-corrected chi connectivity index (χ1v) is 7.84. The van der Waals surface area contributed by atoms with Crippen molar-refractivity contribution < 1.29 is 14.7 Å². The lowest BCUT2D eigenvalue weighted by Gasteiger charge is -2.33. The van der Waals surface area contributed by atoms with Crippen LogP contribution in [0.2, 0.25) is 0 Å². The maximum atomic E-state index is 12.4. The van der Waals surface area contributed by atoms with E-state index in [-0.39, 0.29) is 18.0 Å². The van der Waals surface area contributed by atoms with Gasteiger partial charge in [0.25, 0.3) is 0 Å². The number of amides is 2. The van der Waals surface area contributed by atoms with Crippen LogP contribution in [-0.4, -0.2) is 40.1 Å². The van der Waals surface area contributed by atoms with Crippen LogP contribution in [0.4, 0.5) is 4.79 Å². The van der Waals surface area contributed by atoms with Gasteiger partial charge in [-0.2, -0.15) is 0 Å². The minimum Gasteiger partial charge on any atom is -0.481 e. The van der Waals surface area contributed by atoms with Crippen LogP contribution in [0.3, 0.4) is 0 Å². The third kappa shape index (κ3) is 3.25. The van der Waals surface area contributed by atoms with Gasteiger partial charge in [0.05, 0.1) is 5.92 Å². The number of nitrogens with zero attached hydrogens (tertiary/aromatic N) is 1. The molecule has 4 unspecified atom stereocenters. The monoisotopic (exact) mass is 282 g/mol. The van der Waals surface area contributed by atoms with Gasteiger partial charge in [0.2, 0.25) is 0 Å². The van der Waals surface area contributed by atoms with Crippen molar-refractivity contribution >= 4 is 12.0 Å². The molecule has 1 aliphatic heterocycles. The highest BCUT2D eigenvalue weighted by Gasteiger charge is 2.35. The Morgan fingerprint density at radius 2 is 2.00 bits per heavy atom. The lowest BCUT2D eigenvalue weighted by atomic mass is 9.86. The Hall–Kier alpha value is -1.26. The van der Waals surface area contributed by atoms with Gasteiger partial charge in [-0.1, -0.05) is 13.3 Å². The molecule has 0 bridgehead atoms. The van der Waals surface area contributed by atoms with Gasteiger partial charge in [0, 0.05) is 18.1 Å². The molecular formula is C15H26N2O3. The molecule has 0 aromatic heterocycles. The van der Waals surface area contributed by atoms with Gasteiger partial charge in [0.15, 0.2) is 0 Å². The molecule has 1 heterocycles. The van der Waals surface area contributed by atoms with Crippen LogP contribution in [0.5, 0.6) is 0 Å². The fourth-order valence-electron chi connectivity index (χ4n) is 3.63. The van der Waals surface area contributed by atoms with Gasteiger partial charge in [-0.25, -0.2) is 4.79 Å². The Balaban J connectivity index is 1.92. The molecule has 1 saturated carbocycles. The van der Waals surface area contributed by atoms with E-state index in [1.807, 2.05) is 4.90 Å². The number of carboxylic acids is 1. The predicted octanol–water partition coefficient (Wildman–Crippen LogP) is 2.60. The fraction of sp³-hybridized carbons (Fsp3) is 0.867. The standard InChI is InChI=1S/C15H26N2O3/c1-3-13-8-7-10(2)17(13)15(20)16-12-6-4-5-11(9-12)14(18)19/h10-13H,3-9H2,1-2H3,(H,16,20)(H,18,19). The summed E-state index contributed by atoms with van der Waals surface area (Å²) < 4.78 is 0. The Morgan fingerprint density at radius 3 is 2.65 bits per heavy atom. The molecule has 0 aromatic rings. The topological polar surface area (TPSA) is 69.6 Å². The Bertz CT molecular complexity index is 372. The van der Waals surface area contributed by atoms with Crippen LogP contribution in [0, 0.1) is 5.92 Å². The molecule has 0 aromatic carbocycles. The highest BCUT2D eigenvalue weighted by Crippen LogP contribution is 2.28. The quantitative estimate of drug-likeness (QED) is 0.836. The van der Waals surface area contributed by atoms with Crippen LogP contribution >= 0.6 is 0 Å². The molecule has 20 heavy (non-hydrogen) atoms. The SMILES string of the molecule is CCC1CCC(C)N1C(=O)NC1CCCC(C(=O)O)C1. The number of aliphatic carboxylic acids is 1. The third-order valence-corrected chi connectivity index (χ3v) is 4.84. The highest BCUT2D eigenvalue weighted by molar-refractivity contribution is 5.76. The molecule has 4 atom stereocenters. The van der Waals surface area contributed by atoms with E-state index in [0.29, 0.717) is 18.5 Å². The van der Waals surface area contributed by atoms with Gasteiger partial charge in [-0.15, -0.1) is 0 Å². The second-order valence-corrected chi connectivity index (χ2v) is 6.24. The minimum atomic E-state index is -0.732. The first-order chi connectivity index (χ1) is 9.52. The van der Waals surface area contributed by atoms with Crippen molar-refractivity contribution in [1.82, 2.24) is 10.2 Å². The number of likely N-dealkylation sites (tertiary alicyclic amines) is 1. The molecule has 114 valence electrons. The summed E-state index contributed by atoms with van der Waals surface area (Å²) in [7, 11) is 0. The molecule has 1 aliphatic carbocycles. The van der Waals surface area contributed by atoms with Gasteiger partial charge in [-0.05, 0) is 45.4 Å². The zero-order chi connectivity index (χ0) is 14.7. The van der Waals surface area contributed by atoms with E-state index in [0.717, 1.165) is 38.5 Å². The largest absolute Gasteiger partial charge is 0.481 e. The Labute approximate surface area is 120 Å². The summed E-state index contributed by atoms with van der Waals surface area (Å²) in [6.07, 6.45) is 6.21. The van der Waals surface area contributed by atoms with Crippen molar-refractivity contribution in [2.45, 2.75) is 76.9 Å². The van der Waals surface area contributed by atoms with Crippen molar-refractivity contribution in [1.29, 1.82) is 0 Å². The van der Waals surface area contributed by atoms with Crippen molar-refractivity contribution in [3.05, 3.63) is 0 Å². The van der Waals surface area contributed by atoms with Crippen molar-refractivity contribution in [3.8, 4) is 0 Å². The van der Waals surface area contributed by atoms with E-state index in [4.69, 9.17) is 5.11 Å². The molecule has 2 amide bonds. The van der Waals surface area contributed by atoms with Crippen molar-refractivity contribution in [3.63, 3.8) is 0 Å². The zero-order valence-electron chi connectivity index (χ0n) is 12.5. The number of urea groups is 1. The van der Waals surface area contributed by atoms with Crippen molar-refractivity contribution in [2.75, 3.05) is 0 Å². The minimum absolute atomic E-state index is 0.00195. The smallest absolute Gasteiger partial charge is 0.318 e. The highest BCUT2D eigenvalue weighted by atomic mass is 16.4. The van der Waals surface area contributed by atoms with Crippen LogP contribution < -0.4 is 5.32 Å². The number of carbonyl (C=O) groups excluding carboxylic acids is 1. The Morgan fingerprint density at radius 1 is 1.25 bits per heavy atom. The number of hydrogen-bond acceptors (Lipinski definition) is 2. The molecule has 2 rings (SSSR count). The summed E-state index contributed by atoms with van der Waals surface area (Å²) in [5.74, 6) is -1.03. The number of hydrogen-bond donors (Lipinski definition) is 2. The third-order valence-electron chi connectivity index (χ3n) is 4.84. The second-order valence-electron chi connectivity index (χ2n) is 6.24. The normalized spacial score (nSPS) is 34.0. The first kappa shape index (κ1) is 15.1. The summed E-state index contributed by atoms with van der Waals surface area (Å²) in [5.41, 5.74) is 0. The number of rotatable bonds is 3. The fourth-order valence-corrected chi connectivity index (χ4v) is 3.63. The molecule has 5 heteroatoms. The van der Waals surface area contributed by atoms with Gasteiger partial charge >= 0.3 is 12.0 Å². The molecule has 2 aliphatic rings. The number of carbonyl (C=O) groups is 2. The van der Waals surface area contributed by atoms with Crippen LogP contribution in [-0.2, 0) is 4.79 Å². The lowest BCUT2D eigenvalue weighted by Crippen LogP contribution is -2.50. The average Bonchev–Trinajstić information content (AvgIpc) is 2.80. The predicted molar refractivity (Wildman–Crippen MR) is 76.5 cm³/mol. The van der Waals surface area contributed by atoms with E-state index >= 15 is 0 Å². The van der Waals surface area contributed by atoms with E-state index in [2.05, 4.69) is 19.2 Å². The zero-order valence-corrected chi connectivity index (χ0v) is 12.5. The molecule has 2 fully saturated rings. The summed E-state index contributed by atoms with van der Waals surface area (Å²) in [5, 5.41) is 12.2. The van der Waals surface area contributed by atoms with E-state index in [9.17, 15) is 9.59 Å². The van der Waals surface area contributed by atoms with Crippen LogP contribution in [0.25, 0.3) is 0 Å². The maximum Gasteiger partial charge on any atom is 0.318 e. The lowest BCUT2D eigenvalue weighted by molar-refractivity contribution is -0.143. The average molecular weight is 282 g/mol. The molecule has 1 saturated heterocycles. The van der Waals surface area contributed by atoms with E-state index < -0.39 is 5.97 Å². The first-order valence-electron chi connectivity index (χ1n) is 7.84. The maximum absolute atomic E-state index is 12.4.